The third kappa shape index (κ3) is 3.10. The minimum atomic E-state index is 0.0248. The first-order chi connectivity index (χ1) is 13.0. The van der Waals surface area contributed by atoms with Crippen LogP contribution in [0.4, 0.5) is 5.69 Å². The molecule has 2 aromatic rings. The second-order valence-corrected chi connectivity index (χ2v) is 7.59. The number of hydrogen-bond acceptors (Lipinski definition) is 3. The molecule has 0 saturated heterocycles. The van der Waals surface area contributed by atoms with Gasteiger partial charge in [-0.15, -0.1) is 0 Å². The number of hydrogen-bond donors (Lipinski definition) is 1. The molecule has 0 saturated carbocycles. The predicted molar refractivity (Wildman–Crippen MR) is 106 cm³/mol. The Labute approximate surface area is 163 Å². The quantitative estimate of drug-likeness (QED) is 0.876. The molecule has 0 radical (unpaired) electrons. The molecule has 1 aromatic carbocycles. The lowest BCUT2D eigenvalue weighted by Crippen LogP contribution is -2.31. The summed E-state index contributed by atoms with van der Waals surface area (Å²) in [6, 6.07) is 4.07. The minimum Gasteiger partial charge on any atom is -0.349 e. The highest BCUT2D eigenvalue weighted by Gasteiger charge is 2.28. The molecule has 6 heteroatoms. The lowest BCUT2D eigenvalue weighted by Gasteiger charge is -2.27. The summed E-state index contributed by atoms with van der Waals surface area (Å²) in [6.07, 6.45) is 7.19. The number of aryl methyl sites for hydroxylation is 1. The van der Waals surface area contributed by atoms with Crippen LogP contribution in [0.3, 0.4) is 0 Å². The van der Waals surface area contributed by atoms with E-state index in [1.54, 1.807) is 11.9 Å². The zero-order chi connectivity index (χ0) is 19.1. The zero-order valence-electron chi connectivity index (χ0n) is 15.5. The van der Waals surface area contributed by atoms with Crippen LogP contribution in [0.1, 0.15) is 48.9 Å². The van der Waals surface area contributed by atoms with Gasteiger partial charge in [-0.2, -0.15) is 0 Å². The summed E-state index contributed by atoms with van der Waals surface area (Å²) < 4.78 is 0. The zero-order valence-corrected chi connectivity index (χ0v) is 16.3. The fraction of sp³-hybridized carbons (Fsp3) is 0.381. The van der Waals surface area contributed by atoms with Crippen molar-refractivity contribution >= 4 is 29.1 Å². The molecule has 0 fully saturated rings. The van der Waals surface area contributed by atoms with E-state index in [0.29, 0.717) is 24.3 Å². The summed E-state index contributed by atoms with van der Waals surface area (Å²) in [6.45, 7) is 1.86. The topological polar surface area (TPSA) is 62.3 Å². The Kier molecular flexibility index (Phi) is 4.64. The van der Waals surface area contributed by atoms with E-state index >= 15 is 0 Å². The van der Waals surface area contributed by atoms with E-state index in [2.05, 4.69) is 16.4 Å². The molecule has 27 heavy (non-hydrogen) atoms. The first-order valence-corrected chi connectivity index (χ1v) is 9.72. The maximum atomic E-state index is 12.0. The average Bonchev–Trinajstić information content (AvgIpc) is 3.07. The van der Waals surface area contributed by atoms with E-state index in [-0.39, 0.29) is 17.9 Å². The number of nitrogens with one attached hydrogen (secondary N) is 1. The van der Waals surface area contributed by atoms with Crippen molar-refractivity contribution in [2.75, 3.05) is 11.9 Å². The van der Waals surface area contributed by atoms with Crippen LogP contribution >= 0.6 is 11.6 Å². The van der Waals surface area contributed by atoms with Crippen LogP contribution in [0.25, 0.3) is 11.1 Å². The first kappa shape index (κ1) is 18.0. The normalized spacial score (nSPS) is 18.3. The summed E-state index contributed by atoms with van der Waals surface area (Å²) >= 11 is 6.55. The molecular formula is C21H22ClN3O2. The van der Waals surface area contributed by atoms with Crippen molar-refractivity contribution in [2.45, 2.75) is 45.1 Å². The van der Waals surface area contributed by atoms with Crippen LogP contribution in [0.2, 0.25) is 5.02 Å². The number of aromatic nitrogens is 1. The van der Waals surface area contributed by atoms with Gasteiger partial charge in [-0.25, -0.2) is 0 Å². The highest BCUT2D eigenvalue weighted by molar-refractivity contribution is 6.34. The fourth-order valence-electron chi connectivity index (χ4n) is 4.13. The van der Waals surface area contributed by atoms with Crippen molar-refractivity contribution in [1.82, 2.24) is 10.3 Å². The Morgan fingerprint density at radius 2 is 2.11 bits per heavy atom. The Hall–Kier alpha value is -2.40. The molecule has 2 heterocycles. The molecule has 2 amide bonds. The van der Waals surface area contributed by atoms with E-state index in [9.17, 15) is 9.59 Å². The number of pyridine rings is 1. The SMILES string of the molecule is CCC(=O)N[C@@H]1CCc2c(-c3cc(Cl)c4c(c3)CCC(=O)N4C)cncc21. The molecule has 4 rings (SSSR count). The molecule has 5 nitrogen and oxygen atoms in total. The predicted octanol–water partition coefficient (Wildman–Crippen LogP) is 3.82. The number of anilines is 1. The maximum absolute atomic E-state index is 12.0. The number of carbonyl (C=O) groups is 2. The fourth-order valence-corrected chi connectivity index (χ4v) is 4.50. The molecule has 1 aromatic heterocycles. The second kappa shape index (κ2) is 6.97. The largest absolute Gasteiger partial charge is 0.349 e. The van der Waals surface area contributed by atoms with Crippen molar-refractivity contribution in [1.29, 1.82) is 0 Å². The van der Waals surface area contributed by atoms with Gasteiger partial charge in [0.25, 0.3) is 0 Å². The van der Waals surface area contributed by atoms with Crippen LogP contribution in [-0.2, 0) is 22.4 Å². The molecular weight excluding hydrogens is 362 g/mol. The molecule has 0 spiro atoms. The van der Waals surface area contributed by atoms with E-state index in [0.717, 1.165) is 40.8 Å². The monoisotopic (exact) mass is 383 g/mol. The Balaban J connectivity index is 1.75. The number of carbonyl (C=O) groups excluding carboxylic acids is 2. The molecule has 0 bridgehead atoms. The van der Waals surface area contributed by atoms with Gasteiger partial charge in [0.1, 0.15) is 0 Å². The van der Waals surface area contributed by atoms with E-state index < -0.39 is 0 Å². The highest BCUT2D eigenvalue weighted by atomic mass is 35.5. The number of amides is 2. The molecule has 0 unspecified atom stereocenters. The molecule has 2 aliphatic rings. The number of nitrogens with zero attached hydrogens (tertiary/aromatic N) is 2. The first-order valence-electron chi connectivity index (χ1n) is 9.35. The summed E-state index contributed by atoms with van der Waals surface area (Å²) in [4.78, 5) is 29.9. The van der Waals surface area contributed by atoms with Gasteiger partial charge in [-0.1, -0.05) is 18.5 Å². The van der Waals surface area contributed by atoms with E-state index in [1.807, 2.05) is 25.4 Å². The van der Waals surface area contributed by atoms with E-state index in [4.69, 9.17) is 11.6 Å². The number of halogens is 1. The van der Waals surface area contributed by atoms with Gasteiger partial charge < -0.3 is 10.2 Å². The van der Waals surface area contributed by atoms with Crippen LogP contribution in [0.5, 0.6) is 0 Å². The van der Waals surface area contributed by atoms with Gasteiger partial charge in [0.15, 0.2) is 0 Å². The smallest absolute Gasteiger partial charge is 0.227 e. The van der Waals surface area contributed by atoms with Crippen molar-refractivity contribution in [2.24, 2.45) is 0 Å². The van der Waals surface area contributed by atoms with Crippen LogP contribution in [-0.4, -0.2) is 23.8 Å². The van der Waals surface area contributed by atoms with Gasteiger partial charge in [-0.05, 0) is 53.6 Å². The third-order valence-corrected chi connectivity index (χ3v) is 5.86. The van der Waals surface area contributed by atoms with Crippen molar-refractivity contribution in [3.05, 3.63) is 46.2 Å². The van der Waals surface area contributed by atoms with Crippen molar-refractivity contribution in [3.63, 3.8) is 0 Å². The van der Waals surface area contributed by atoms with Gasteiger partial charge >= 0.3 is 0 Å². The maximum Gasteiger partial charge on any atom is 0.227 e. The van der Waals surface area contributed by atoms with Gasteiger partial charge in [0.05, 0.1) is 16.8 Å². The summed E-state index contributed by atoms with van der Waals surface area (Å²) in [7, 11) is 1.77. The lowest BCUT2D eigenvalue weighted by molar-refractivity contribution is -0.121. The second-order valence-electron chi connectivity index (χ2n) is 7.19. The Bertz CT molecular complexity index is 941. The summed E-state index contributed by atoms with van der Waals surface area (Å²) in [5, 5.41) is 3.67. The molecule has 1 aliphatic heterocycles. The third-order valence-electron chi connectivity index (χ3n) is 5.58. The summed E-state index contributed by atoms with van der Waals surface area (Å²) in [5.74, 6) is 0.150. The number of fused-ring (bicyclic) bond motifs is 2. The summed E-state index contributed by atoms with van der Waals surface area (Å²) in [5.41, 5.74) is 6.30. The highest BCUT2D eigenvalue weighted by Crippen LogP contribution is 2.41. The van der Waals surface area contributed by atoms with Crippen molar-refractivity contribution < 1.29 is 9.59 Å². The molecule has 140 valence electrons. The average molecular weight is 384 g/mol. The van der Waals surface area contributed by atoms with E-state index in [1.165, 1.54) is 5.56 Å². The molecule has 1 atom stereocenters. The van der Waals surface area contributed by atoms with Crippen LogP contribution < -0.4 is 10.2 Å². The minimum absolute atomic E-state index is 0.0248. The van der Waals surface area contributed by atoms with Crippen LogP contribution in [0.15, 0.2) is 24.5 Å². The van der Waals surface area contributed by atoms with Crippen LogP contribution in [0, 0.1) is 0 Å². The standard InChI is InChI=1S/C21H22ClN3O2/c1-3-19(26)24-18-6-5-14-15(10-23-11-16(14)18)13-8-12-4-7-20(27)25(2)21(12)17(22)9-13/h8-11,18H,3-7H2,1-2H3,(H,24,26)/t18-/m1/s1. The van der Waals surface area contributed by atoms with Gasteiger partial charge in [0, 0.05) is 37.8 Å². The number of rotatable bonds is 3. The molecule has 1 aliphatic carbocycles. The molecule has 1 N–H and O–H groups in total. The van der Waals surface area contributed by atoms with Crippen molar-refractivity contribution in [3.8, 4) is 11.1 Å². The Morgan fingerprint density at radius 3 is 2.89 bits per heavy atom. The Morgan fingerprint density at radius 1 is 1.30 bits per heavy atom. The number of benzene rings is 1. The van der Waals surface area contributed by atoms with Gasteiger partial charge in [-0.3, -0.25) is 14.6 Å². The lowest BCUT2D eigenvalue weighted by atomic mass is 9.93. The van der Waals surface area contributed by atoms with Gasteiger partial charge in [0.2, 0.25) is 11.8 Å².